The smallest absolute Gasteiger partial charge is 0.356 e. The molecule has 3 rings (SSSR count). The molecule has 1 aliphatic rings. The van der Waals surface area contributed by atoms with Gasteiger partial charge in [-0.25, -0.2) is 4.79 Å². The second kappa shape index (κ2) is 5.50. The molecule has 0 amide bonds. The Morgan fingerprint density at radius 3 is 2.90 bits per heavy atom. The molecule has 0 bridgehead atoms. The summed E-state index contributed by atoms with van der Waals surface area (Å²) in [5.41, 5.74) is 2.93. The van der Waals surface area contributed by atoms with E-state index in [1.165, 1.54) is 0 Å². The highest BCUT2D eigenvalue weighted by Gasteiger charge is 2.26. The van der Waals surface area contributed by atoms with Gasteiger partial charge in [-0.05, 0) is 18.7 Å². The number of carboxylic acids is 1. The number of aromatic nitrogens is 2. The fourth-order valence-electron chi connectivity index (χ4n) is 2.72. The molecular weight excluding hydrogens is 290 g/mol. The van der Waals surface area contributed by atoms with E-state index in [9.17, 15) is 9.90 Å². The van der Waals surface area contributed by atoms with Gasteiger partial charge >= 0.3 is 5.97 Å². The molecule has 2 heterocycles. The molecule has 1 aromatic carbocycles. The van der Waals surface area contributed by atoms with E-state index in [-0.39, 0.29) is 5.69 Å². The third-order valence-corrected chi connectivity index (χ3v) is 4.17. The quantitative estimate of drug-likeness (QED) is 0.945. The van der Waals surface area contributed by atoms with Crippen molar-refractivity contribution in [1.82, 2.24) is 14.7 Å². The van der Waals surface area contributed by atoms with Crippen LogP contribution in [-0.2, 0) is 19.5 Å². The lowest BCUT2D eigenvalue weighted by Crippen LogP contribution is -2.28. The van der Waals surface area contributed by atoms with Gasteiger partial charge in [-0.15, -0.1) is 0 Å². The number of carbonyl (C=O) groups is 1. The number of carboxylic acid groups (broad SMARTS) is 1. The molecule has 0 saturated carbocycles. The molecule has 5 nitrogen and oxygen atoms in total. The summed E-state index contributed by atoms with van der Waals surface area (Å²) in [5.74, 6) is -0.973. The number of nitrogens with zero attached hydrogens (tertiary/aromatic N) is 3. The third-order valence-electron chi connectivity index (χ3n) is 3.81. The van der Waals surface area contributed by atoms with Crippen molar-refractivity contribution >= 4 is 17.6 Å². The largest absolute Gasteiger partial charge is 0.476 e. The zero-order chi connectivity index (χ0) is 15.0. The fourth-order valence-corrected chi connectivity index (χ4v) is 2.91. The first-order valence-electron chi connectivity index (χ1n) is 6.80. The Bertz CT molecular complexity index is 696. The Labute approximate surface area is 127 Å². The highest BCUT2D eigenvalue weighted by atomic mass is 35.5. The highest BCUT2D eigenvalue weighted by molar-refractivity contribution is 6.31. The van der Waals surface area contributed by atoms with Crippen LogP contribution < -0.4 is 0 Å². The van der Waals surface area contributed by atoms with Gasteiger partial charge in [-0.1, -0.05) is 29.8 Å². The van der Waals surface area contributed by atoms with Crippen LogP contribution >= 0.6 is 11.6 Å². The van der Waals surface area contributed by atoms with E-state index in [4.69, 9.17) is 11.6 Å². The zero-order valence-electron chi connectivity index (χ0n) is 11.7. The van der Waals surface area contributed by atoms with E-state index in [0.29, 0.717) is 18.1 Å². The average molecular weight is 306 g/mol. The first-order chi connectivity index (χ1) is 10.1. The second-order valence-electron chi connectivity index (χ2n) is 5.32. The Morgan fingerprint density at radius 2 is 2.19 bits per heavy atom. The third kappa shape index (κ3) is 2.66. The summed E-state index contributed by atoms with van der Waals surface area (Å²) >= 11 is 6.18. The Hall–Kier alpha value is -1.85. The average Bonchev–Trinajstić information content (AvgIpc) is 2.79. The van der Waals surface area contributed by atoms with E-state index in [1.54, 1.807) is 4.68 Å². The van der Waals surface area contributed by atoms with Crippen LogP contribution in [-0.4, -0.2) is 39.3 Å². The number of aromatic carboxylic acids is 1. The maximum Gasteiger partial charge on any atom is 0.356 e. The molecule has 0 radical (unpaired) electrons. The van der Waals surface area contributed by atoms with Crippen molar-refractivity contribution in [2.75, 3.05) is 13.6 Å². The molecule has 0 unspecified atom stereocenters. The van der Waals surface area contributed by atoms with Gasteiger partial charge < -0.3 is 10.0 Å². The number of fused-ring (bicyclic) bond motifs is 1. The Balaban J connectivity index is 2.02. The van der Waals surface area contributed by atoms with Crippen molar-refractivity contribution in [3.05, 3.63) is 51.8 Å². The van der Waals surface area contributed by atoms with Gasteiger partial charge in [0.25, 0.3) is 0 Å². The predicted octanol–water partition coefficient (Wildman–Crippen LogP) is 2.27. The SMILES string of the molecule is CN1CCc2c(c(C(=O)O)nn2Cc2ccccc2Cl)C1. The van der Waals surface area contributed by atoms with Crippen molar-refractivity contribution in [2.24, 2.45) is 0 Å². The molecular formula is C15H16ClN3O2. The summed E-state index contributed by atoms with van der Waals surface area (Å²) in [6.45, 7) is 2.03. The number of benzene rings is 1. The van der Waals surface area contributed by atoms with Crippen LogP contribution in [0.15, 0.2) is 24.3 Å². The molecule has 0 aliphatic carbocycles. The lowest BCUT2D eigenvalue weighted by Gasteiger charge is -2.23. The Morgan fingerprint density at radius 1 is 1.43 bits per heavy atom. The van der Waals surface area contributed by atoms with Gasteiger partial charge in [-0.3, -0.25) is 4.68 Å². The lowest BCUT2D eigenvalue weighted by molar-refractivity contribution is 0.0687. The minimum absolute atomic E-state index is 0.156. The van der Waals surface area contributed by atoms with Crippen molar-refractivity contribution < 1.29 is 9.90 Å². The molecule has 1 aliphatic heterocycles. The summed E-state index contributed by atoms with van der Waals surface area (Å²) in [4.78, 5) is 13.5. The number of hydrogen-bond donors (Lipinski definition) is 1. The standard InChI is InChI=1S/C15H16ClN3O2/c1-18-7-6-13-11(9-18)14(15(20)21)17-19(13)8-10-4-2-3-5-12(10)16/h2-5H,6-9H2,1H3,(H,20,21). The topological polar surface area (TPSA) is 58.4 Å². The number of rotatable bonds is 3. The molecule has 1 aromatic heterocycles. The molecule has 110 valence electrons. The van der Waals surface area contributed by atoms with Gasteiger partial charge in [0.15, 0.2) is 5.69 Å². The number of likely N-dealkylation sites (N-methyl/N-ethyl adjacent to an activating group) is 1. The van der Waals surface area contributed by atoms with Crippen LogP contribution in [0.4, 0.5) is 0 Å². The van der Waals surface area contributed by atoms with E-state index in [1.807, 2.05) is 31.3 Å². The molecule has 0 spiro atoms. The Kier molecular flexibility index (Phi) is 3.69. The van der Waals surface area contributed by atoms with Gasteiger partial charge in [0, 0.05) is 35.8 Å². The minimum atomic E-state index is -0.973. The fraction of sp³-hybridized carbons (Fsp3) is 0.333. The van der Waals surface area contributed by atoms with Crippen LogP contribution in [0.3, 0.4) is 0 Å². The van der Waals surface area contributed by atoms with Crippen LogP contribution in [0.5, 0.6) is 0 Å². The summed E-state index contributed by atoms with van der Waals surface area (Å²) in [6.07, 6.45) is 0.802. The monoisotopic (exact) mass is 305 g/mol. The normalized spacial score (nSPS) is 15.0. The predicted molar refractivity (Wildman–Crippen MR) is 79.8 cm³/mol. The maximum absolute atomic E-state index is 11.4. The molecule has 0 saturated heterocycles. The van der Waals surface area contributed by atoms with Gasteiger partial charge in [0.05, 0.1) is 6.54 Å². The number of hydrogen-bond acceptors (Lipinski definition) is 3. The summed E-state index contributed by atoms with van der Waals surface area (Å²) in [7, 11) is 1.99. The summed E-state index contributed by atoms with van der Waals surface area (Å²) in [5, 5.41) is 14.3. The molecule has 2 aromatic rings. The molecule has 21 heavy (non-hydrogen) atoms. The van der Waals surface area contributed by atoms with Crippen molar-refractivity contribution in [2.45, 2.75) is 19.5 Å². The molecule has 1 N–H and O–H groups in total. The zero-order valence-corrected chi connectivity index (χ0v) is 12.5. The van der Waals surface area contributed by atoms with Crippen molar-refractivity contribution in [1.29, 1.82) is 0 Å². The van der Waals surface area contributed by atoms with Crippen LogP contribution in [0, 0.1) is 0 Å². The van der Waals surface area contributed by atoms with Crippen molar-refractivity contribution in [3.63, 3.8) is 0 Å². The van der Waals surface area contributed by atoms with Crippen molar-refractivity contribution in [3.8, 4) is 0 Å². The van der Waals surface area contributed by atoms with E-state index in [2.05, 4.69) is 10.00 Å². The highest BCUT2D eigenvalue weighted by Crippen LogP contribution is 2.24. The minimum Gasteiger partial charge on any atom is -0.476 e. The molecule has 6 heteroatoms. The first-order valence-corrected chi connectivity index (χ1v) is 7.18. The summed E-state index contributed by atoms with van der Waals surface area (Å²) in [6, 6.07) is 7.57. The lowest BCUT2D eigenvalue weighted by atomic mass is 10.1. The van der Waals surface area contributed by atoms with Crippen LogP contribution in [0.25, 0.3) is 0 Å². The van der Waals surface area contributed by atoms with E-state index in [0.717, 1.165) is 29.8 Å². The maximum atomic E-state index is 11.4. The first kappa shape index (κ1) is 14.1. The van der Waals surface area contributed by atoms with E-state index < -0.39 is 5.97 Å². The van der Waals surface area contributed by atoms with Gasteiger partial charge in [0.1, 0.15) is 0 Å². The van der Waals surface area contributed by atoms with Crippen LogP contribution in [0.2, 0.25) is 5.02 Å². The van der Waals surface area contributed by atoms with Gasteiger partial charge in [-0.2, -0.15) is 5.10 Å². The van der Waals surface area contributed by atoms with Crippen LogP contribution in [0.1, 0.15) is 27.3 Å². The second-order valence-corrected chi connectivity index (χ2v) is 5.72. The van der Waals surface area contributed by atoms with E-state index >= 15 is 0 Å². The molecule has 0 atom stereocenters. The molecule has 0 fully saturated rings. The number of halogens is 1. The summed E-state index contributed by atoms with van der Waals surface area (Å²) < 4.78 is 1.78. The van der Waals surface area contributed by atoms with Gasteiger partial charge in [0.2, 0.25) is 0 Å².